The highest BCUT2D eigenvalue weighted by Gasteiger charge is 2.01. The molecule has 1 aromatic carbocycles. The van der Waals surface area contributed by atoms with Gasteiger partial charge in [-0.25, -0.2) is 0 Å². The van der Waals surface area contributed by atoms with Crippen LogP contribution < -0.4 is 11.1 Å². The molecule has 0 bridgehead atoms. The molecule has 0 atom stereocenters. The van der Waals surface area contributed by atoms with E-state index in [1.54, 1.807) is 12.3 Å². The molecule has 17 heavy (non-hydrogen) atoms. The summed E-state index contributed by atoms with van der Waals surface area (Å²) in [6.45, 7) is 0.685. The van der Waals surface area contributed by atoms with Crippen LogP contribution >= 0.6 is 0 Å². The highest BCUT2D eigenvalue weighted by atomic mass is 16.1. The SMILES string of the molecule is NC(=O)c1cncc(NCc2ccccc2)c1. The molecule has 0 aliphatic carbocycles. The summed E-state index contributed by atoms with van der Waals surface area (Å²) in [4.78, 5) is 14.9. The highest BCUT2D eigenvalue weighted by molar-refractivity contribution is 5.93. The van der Waals surface area contributed by atoms with Crippen molar-refractivity contribution in [2.75, 3.05) is 5.32 Å². The molecule has 2 aromatic rings. The third kappa shape index (κ3) is 3.04. The first kappa shape index (κ1) is 11.1. The lowest BCUT2D eigenvalue weighted by molar-refractivity contribution is 0.1000. The average Bonchev–Trinajstić information content (AvgIpc) is 2.38. The molecule has 1 aromatic heterocycles. The third-order valence-electron chi connectivity index (χ3n) is 2.36. The first-order valence-electron chi connectivity index (χ1n) is 5.28. The van der Waals surface area contributed by atoms with Crippen molar-refractivity contribution in [3.8, 4) is 0 Å². The molecule has 2 rings (SSSR count). The number of nitrogens with two attached hydrogens (primary N) is 1. The quantitative estimate of drug-likeness (QED) is 0.836. The Bertz CT molecular complexity index is 511. The minimum Gasteiger partial charge on any atom is -0.380 e. The van der Waals surface area contributed by atoms with E-state index >= 15 is 0 Å². The van der Waals surface area contributed by atoms with Crippen molar-refractivity contribution in [1.82, 2.24) is 4.98 Å². The van der Waals surface area contributed by atoms with Crippen LogP contribution in [0.15, 0.2) is 48.8 Å². The maximum absolute atomic E-state index is 11.0. The molecular weight excluding hydrogens is 214 g/mol. The summed E-state index contributed by atoms with van der Waals surface area (Å²) < 4.78 is 0. The Labute approximate surface area is 99.5 Å². The van der Waals surface area contributed by atoms with Crippen LogP contribution in [0.4, 0.5) is 5.69 Å². The van der Waals surface area contributed by atoms with Gasteiger partial charge in [-0.1, -0.05) is 30.3 Å². The van der Waals surface area contributed by atoms with Crippen molar-refractivity contribution in [2.24, 2.45) is 5.73 Å². The molecule has 0 saturated carbocycles. The van der Waals surface area contributed by atoms with E-state index in [0.29, 0.717) is 12.1 Å². The predicted octanol–water partition coefficient (Wildman–Crippen LogP) is 1.79. The lowest BCUT2D eigenvalue weighted by atomic mass is 10.2. The standard InChI is InChI=1S/C13H13N3O/c14-13(17)11-6-12(9-15-8-11)16-7-10-4-2-1-3-5-10/h1-6,8-9,16H,7H2,(H2,14,17). The topological polar surface area (TPSA) is 68.0 Å². The van der Waals surface area contributed by atoms with Crippen molar-refractivity contribution < 1.29 is 4.79 Å². The minimum absolute atomic E-state index is 0.406. The fourth-order valence-electron chi connectivity index (χ4n) is 1.47. The Morgan fingerprint density at radius 1 is 1.24 bits per heavy atom. The number of primary amides is 1. The number of nitrogens with one attached hydrogen (secondary N) is 1. The zero-order chi connectivity index (χ0) is 12.1. The molecule has 0 spiro atoms. The van der Waals surface area contributed by atoms with Gasteiger partial charge in [0.05, 0.1) is 11.3 Å². The smallest absolute Gasteiger partial charge is 0.250 e. The number of carbonyl (C=O) groups is 1. The van der Waals surface area contributed by atoms with Gasteiger partial charge in [0.1, 0.15) is 0 Å². The molecule has 0 saturated heterocycles. The first-order chi connectivity index (χ1) is 8.25. The minimum atomic E-state index is -0.471. The Hall–Kier alpha value is -2.36. The van der Waals surface area contributed by atoms with Crippen LogP contribution in [-0.4, -0.2) is 10.9 Å². The van der Waals surface area contributed by atoms with Crippen molar-refractivity contribution in [3.63, 3.8) is 0 Å². The first-order valence-corrected chi connectivity index (χ1v) is 5.28. The van der Waals surface area contributed by atoms with Gasteiger partial charge in [0.15, 0.2) is 0 Å². The van der Waals surface area contributed by atoms with E-state index in [2.05, 4.69) is 10.3 Å². The van der Waals surface area contributed by atoms with Crippen LogP contribution in [-0.2, 0) is 6.54 Å². The lowest BCUT2D eigenvalue weighted by Crippen LogP contribution is -2.11. The van der Waals surface area contributed by atoms with Gasteiger partial charge in [-0.2, -0.15) is 0 Å². The van der Waals surface area contributed by atoms with E-state index in [1.807, 2.05) is 30.3 Å². The average molecular weight is 227 g/mol. The summed E-state index contributed by atoms with van der Waals surface area (Å²) in [5, 5.41) is 3.19. The van der Waals surface area contributed by atoms with E-state index in [-0.39, 0.29) is 0 Å². The number of carbonyl (C=O) groups excluding carboxylic acids is 1. The summed E-state index contributed by atoms with van der Waals surface area (Å²) in [5.74, 6) is -0.471. The molecule has 86 valence electrons. The van der Waals surface area contributed by atoms with Gasteiger partial charge in [0, 0.05) is 18.9 Å². The van der Waals surface area contributed by atoms with Crippen LogP contribution in [0, 0.1) is 0 Å². The van der Waals surface area contributed by atoms with Crippen molar-refractivity contribution in [3.05, 3.63) is 59.9 Å². The molecule has 0 aliphatic heterocycles. The van der Waals surface area contributed by atoms with Crippen LogP contribution in [0.1, 0.15) is 15.9 Å². The molecule has 4 heteroatoms. The van der Waals surface area contributed by atoms with Crippen LogP contribution in [0.3, 0.4) is 0 Å². The summed E-state index contributed by atoms with van der Waals surface area (Å²) in [6.07, 6.45) is 3.12. The number of amides is 1. The molecule has 3 N–H and O–H groups in total. The number of aromatic nitrogens is 1. The molecule has 4 nitrogen and oxygen atoms in total. The fourth-order valence-corrected chi connectivity index (χ4v) is 1.47. The zero-order valence-electron chi connectivity index (χ0n) is 9.26. The lowest BCUT2D eigenvalue weighted by Gasteiger charge is -2.06. The highest BCUT2D eigenvalue weighted by Crippen LogP contribution is 2.09. The van der Waals surface area contributed by atoms with Gasteiger partial charge < -0.3 is 11.1 Å². The van der Waals surface area contributed by atoms with Gasteiger partial charge >= 0.3 is 0 Å². The van der Waals surface area contributed by atoms with Crippen molar-refractivity contribution in [1.29, 1.82) is 0 Å². The van der Waals surface area contributed by atoms with Crippen LogP contribution in [0.5, 0.6) is 0 Å². The number of anilines is 1. The maximum atomic E-state index is 11.0. The molecule has 0 aliphatic rings. The largest absolute Gasteiger partial charge is 0.380 e. The van der Waals surface area contributed by atoms with Gasteiger partial charge in [0.2, 0.25) is 5.91 Å². The van der Waals surface area contributed by atoms with Gasteiger partial charge in [-0.05, 0) is 11.6 Å². The molecule has 0 radical (unpaired) electrons. The second-order valence-electron chi connectivity index (χ2n) is 3.67. The summed E-state index contributed by atoms with van der Waals surface area (Å²) >= 11 is 0. The summed E-state index contributed by atoms with van der Waals surface area (Å²) in [7, 11) is 0. The second-order valence-corrected chi connectivity index (χ2v) is 3.67. The van der Waals surface area contributed by atoms with E-state index in [1.165, 1.54) is 6.20 Å². The maximum Gasteiger partial charge on any atom is 0.250 e. The second kappa shape index (κ2) is 5.12. The molecule has 0 fully saturated rings. The summed E-state index contributed by atoms with van der Waals surface area (Å²) in [5.41, 5.74) is 7.54. The zero-order valence-corrected chi connectivity index (χ0v) is 9.26. The Morgan fingerprint density at radius 2 is 2.00 bits per heavy atom. The van der Waals surface area contributed by atoms with E-state index < -0.39 is 5.91 Å². The van der Waals surface area contributed by atoms with Crippen LogP contribution in [0.25, 0.3) is 0 Å². The monoisotopic (exact) mass is 227 g/mol. The van der Waals surface area contributed by atoms with Crippen molar-refractivity contribution >= 4 is 11.6 Å². The Balaban J connectivity index is 2.04. The summed E-state index contributed by atoms with van der Waals surface area (Å²) in [6, 6.07) is 11.7. The predicted molar refractivity (Wildman–Crippen MR) is 66.5 cm³/mol. The fraction of sp³-hybridized carbons (Fsp3) is 0.0769. The number of rotatable bonds is 4. The van der Waals surface area contributed by atoms with Gasteiger partial charge in [-0.15, -0.1) is 0 Å². The van der Waals surface area contributed by atoms with Gasteiger partial charge in [0.25, 0.3) is 0 Å². The van der Waals surface area contributed by atoms with E-state index in [4.69, 9.17) is 5.73 Å². The number of benzene rings is 1. The van der Waals surface area contributed by atoms with E-state index in [0.717, 1.165) is 11.3 Å². The van der Waals surface area contributed by atoms with Gasteiger partial charge in [-0.3, -0.25) is 9.78 Å². The number of hydrogen-bond acceptors (Lipinski definition) is 3. The number of pyridine rings is 1. The molecule has 1 amide bonds. The number of nitrogens with zero attached hydrogens (tertiary/aromatic N) is 1. The van der Waals surface area contributed by atoms with Crippen LogP contribution in [0.2, 0.25) is 0 Å². The molecule has 1 heterocycles. The molecular formula is C13H13N3O. The van der Waals surface area contributed by atoms with E-state index in [9.17, 15) is 4.79 Å². The Morgan fingerprint density at radius 3 is 2.71 bits per heavy atom. The number of hydrogen-bond donors (Lipinski definition) is 2. The third-order valence-corrected chi connectivity index (χ3v) is 2.36. The normalized spacial score (nSPS) is 9.88. The molecule has 0 unspecified atom stereocenters. The van der Waals surface area contributed by atoms with Crippen molar-refractivity contribution in [2.45, 2.75) is 6.54 Å². The Kier molecular flexibility index (Phi) is 3.35.